The molecule has 3 atom stereocenters. The van der Waals surface area contributed by atoms with Crippen LogP contribution in [0.15, 0.2) is 0 Å². The molecule has 2 fully saturated rings. The van der Waals surface area contributed by atoms with Crippen LogP contribution >= 0.6 is 0 Å². The van der Waals surface area contributed by atoms with Crippen LogP contribution in [0.4, 0.5) is 0 Å². The molecule has 0 radical (unpaired) electrons. The topological polar surface area (TPSA) is 49.4 Å². The van der Waals surface area contributed by atoms with E-state index in [-0.39, 0.29) is 35.1 Å². The molecule has 1 aliphatic heterocycles. The Morgan fingerprint density at radius 2 is 1.68 bits per heavy atom. The quantitative estimate of drug-likeness (QED) is 0.790. The second-order valence-corrected chi connectivity index (χ2v) is 7.28. The molecule has 108 valence electrons. The molecule has 0 bridgehead atoms. The maximum atomic E-state index is 12.4. The predicted octanol–water partition coefficient (Wildman–Crippen LogP) is 1.65. The van der Waals surface area contributed by atoms with Crippen molar-refractivity contribution >= 4 is 11.8 Å². The van der Waals surface area contributed by atoms with Gasteiger partial charge in [0.25, 0.3) is 0 Å². The Bertz CT molecular complexity index is 362. The third-order valence-electron chi connectivity index (χ3n) is 4.72. The van der Waals surface area contributed by atoms with Gasteiger partial charge in [0.15, 0.2) is 0 Å². The van der Waals surface area contributed by atoms with Crippen molar-refractivity contribution in [2.75, 3.05) is 13.6 Å². The summed E-state index contributed by atoms with van der Waals surface area (Å²) in [5, 5.41) is 3.24. The fourth-order valence-corrected chi connectivity index (χ4v) is 3.51. The monoisotopic (exact) mass is 266 g/mol. The number of likely N-dealkylation sites (N-methyl/N-ethyl adjacent to an activating group) is 1. The standard InChI is InChI=1S/C15H26N2O2/c1-9-6-10-11(7-9)14(19)17(13(10)18)8-12(16-5)15(2,3)4/h9-12,16H,6-8H2,1-5H3. The second-order valence-electron chi connectivity index (χ2n) is 7.28. The maximum absolute atomic E-state index is 12.4. The molecule has 1 saturated heterocycles. The van der Waals surface area contributed by atoms with Crippen molar-refractivity contribution in [1.29, 1.82) is 0 Å². The lowest BCUT2D eigenvalue weighted by molar-refractivity contribution is -0.141. The van der Waals surface area contributed by atoms with Crippen LogP contribution in [0.2, 0.25) is 0 Å². The first-order valence-corrected chi connectivity index (χ1v) is 7.28. The Labute approximate surface area is 115 Å². The molecule has 4 heteroatoms. The first kappa shape index (κ1) is 14.5. The SMILES string of the molecule is CNC(CN1C(=O)C2CC(C)CC2C1=O)C(C)(C)C. The Morgan fingerprint density at radius 3 is 2.05 bits per heavy atom. The number of nitrogens with one attached hydrogen (secondary N) is 1. The first-order chi connectivity index (χ1) is 8.75. The molecule has 4 nitrogen and oxygen atoms in total. The number of hydrogen-bond acceptors (Lipinski definition) is 3. The molecule has 1 heterocycles. The zero-order chi connectivity index (χ0) is 14.4. The Kier molecular flexibility index (Phi) is 3.74. The summed E-state index contributed by atoms with van der Waals surface area (Å²) in [5.41, 5.74) is 0.0281. The third-order valence-corrected chi connectivity index (χ3v) is 4.72. The van der Waals surface area contributed by atoms with Gasteiger partial charge in [-0.3, -0.25) is 14.5 Å². The van der Waals surface area contributed by atoms with E-state index in [4.69, 9.17) is 0 Å². The van der Waals surface area contributed by atoms with Gasteiger partial charge in [-0.25, -0.2) is 0 Å². The van der Waals surface area contributed by atoms with Gasteiger partial charge in [0, 0.05) is 12.6 Å². The van der Waals surface area contributed by atoms with Crippen molar-refractivity contribution in [3.63, 3.8) is 0 Å². The van der Waals surface area contributed by atoms with Gasteiger partial charge < -0.3 is 5.32 Å². The highest BCUT2D eigenvalue weighted by Gasteiger charge is 2.52. The fourth-order valence-electron chi connectivity index (χ4n) is 3.51. The highest BCUT2D eigenvalue weighted by Crippen LogP contribution is 2.43. The average Bonchev–Trinajstić information content (AvgIpc) is 2.77. The summed E-state index contributed by atoms with van der Waals surface area (Å²) in [6.45, 7) is 9.01. The van der Waals surface area contributed by atoms with Crippen LogP contribution in [0.5, 0.6) is 0 Å². The van der Waals surface area contributed by atoms with Gasteiger partial charge in [-0.1, -0.05) is 27.7 Å². The van der Waals surface area contributed by atoms with Gasteiger partial charge in [0.2, 0.25) is 11.8 Å². The van der Waals surface area contributed by atoms with E-state index in [0.29, 0.717) is 12.5 Å². The van der Waals surface area contributed by atoms with Crippen molar-refractivity contribution in [3.05, 3.63) is 0 Å². The van der Waals surface area contributed by atoms with Crippen LogP contribution in [0.25, 0.3) is 0 Å². The molecule has 2 amide bonds. The molecule has 1 aliphatic carbocycles. The summed E-state index contributed by atoms with van der Waals surface area (Å²) in [7, 11) is 1.89. The summed E-state index contributed by atoms with van der Waals surface area (Å²) in [4.78, 5) is 26.3. The van der Waals surface area contributed by atoms with Crippen molar-refractivity contribution in [2.45, 2.75) is 46.6 Å². The molecular formula is C15H26N2O2. The van der Waals surface area contributed by atoms with E-state index in [1.165, 1.54) is 4.90 Å². The maximum Gasteiger partial charge on any atom is 0.233 e. The number of imide groups is 1. The van der Waals surface area contributed by atoms with E-state index >= 15 is 0 Å². The van der Waals surface area contributed by atoms with Crippen molar-refractivity contribution in [1.82, 2.24) is 10.2 Å². The van der Waals surface area contributed by atoms with Crippen molar-refractivity contribution < 1.29 is 9.59 Å². The third kappa shape index (κ3) is 2.55. The molecular weight excluding hydrogens is 240 g/mol. The lowest BCUT2D eigenvalue weighted by Gasteiger charge is -2.33. The number of fused-ring (bicyclic) bond motifs is 1. The summed E-state index contributed by atoms with van der Waals surface area (Å²) in [6, 6.07) is 0.136. The molecule has 0 aromatic carbocycles. The largest absolute Gasteiger partial charge is 0.315 e. The fraction of sp³-hybridized carbons (Fsp3) is 0.867. The summed E-state index contributed by atoms with van der Waals surface area (Å²) in [5.74, 6) is 0.542. The highest BCUT2D eigenvalue weighted by atomic mass is 16.2. The summed E-state index contributed by atoms with van der Waals surface area (Å²) < 4.78 is 0. The van der Waals surface area contributed by atoms with E-state index in [0.717, 1.165) is 12.8 Å². The summed E-state index contributed by atoms with van der Waals surface area (Å²) in [6.07, 6.45) is 1.76. The van der Waals surface area contributed by atoms with Gasteiger partial charge >= 0.3 is 0 Å². The van der Waals surface area contributed by atoms with Gasteiger partial charge in [-0.15, -0.1) is 0 Å². The molecule has 0 aromatic rings. The van der Waals surface area contributed by atoms with Gasteiger partial charge in [0.05, 0.1) is 11.8 Å². The number of likely N-dealkylation sites (tertiary alicyclic amines) is 1. The van der Waals surface area contributed by atoms with E-state index in [2.05, 4.69) is 33.0 Å². The minimum atomic E-state index is -0.0417. The van der Waals surface area contributed by atoms with Crippen LogP contribution in [0, 0.1) is 23.2 Å². The number of rotatable bonds is 3. The van der Waals surface area contributed by atoms with E-state index in [1.54, 1.807) is 0 Å². The highest BCUT2D eigenvalue weighted by molar-refractivity contribution is 6.05. The lowest BCUT2D eigenvalue weighted by atomic mass is 9.86. The minimum absolute atomic E-state index is 0.0281. The number of carbonyl (C=O) groups is 2. The van der Waals surface area contributed by atoms with Crippen molar-refractivity contribution in [2.24, 2.45) is 23.2 Å². The minimum Gasteiger partial charge on any atom is -0.315 e. The smallest absolute Gasteiger partial charge is 0.233 e. The molecule has 19 heavy (non-hydrogen) atoms. The Morgan fingerprint density at radius 1 is 1.21 bits per heavy atom. The zero-order valence-corrected chi connectivity index (χ0v) is 12.7. The van der Waals surface area contributed by atoms with E-state index in [1.807, 2.05) is 7.05 Å². The van der Waals surface area contributed by atoms with Gasteiger partial charge in [-0.2, -0.15) is 0 Å². The molecule has 1 saturated carbocycles. The molecule has 0 spiro atoms. The first-order valence-electron chi connectivity index (χ1n) is 7.28. The molecule has 1 N–H and O–H groups in total. The van der Waals surface area contributed by atoms with Crippen molar-refractivity contribution in [3.8, 4) is 0 Å². The Balaban J connectivity index is 2.11. The van der Waals surface area contributed by atoms with E-state index < -0.39 is 0 Å². The average molecular weight is 266 g/mol. The van der Waals surface area contributed by atoms with Gasteiger partial charge in [-0.05, 0) is 31.2 Å². The van der Waals surface area contributed by atoms with Crippen LogP contribution in [0.1, 0.15) is 40.5 Å². The van der Waals surface area contributed by atoms with Crippen LogP contribution < -0.4 is 5.32 Å². The number of nitrogens with zero attached hydrogens (tertiary/aromatic N) is 1. The molecule has 0 aromatic heterocycles. The normalized spacial score (nSPS) is 32.9. The van der Waals surface area contributed by atoms with Gasteiger partial charge in [0.1, 0.15) is 0 Å². The lowest BCUT2D eigenvalue weighted by Crippen LogP contribution is -2.49. The van der Waals surface area contributed by atoms with Crippen LogP contribution in [0.3, 0.4) is 0 Å². The molecule has 2 aliphatic rings. The predicted molar refractivity (Wildman–Crippen MR) is 74.4 cm³/mol. The van der Waals surface area contributed by atoms with E-state index in [9.17, 15) is 9.59 Å². The molecule has 2 rings (SSSR count). The molecule has 3 unspecified atom stereocenters. The zero-order valence-electron chi connectivity index (χ0n) is 12.7. The second kappa shape index (κ2) is 4.89. The Hall–Kier alpha value is -0.900. The number of hydrogen-bond donors (Lipinski definition) is 1. The number of carbonyl (C=O) groups excluding carboxylic acids is 2. The van der Waals surface area contributed by atoms with Crippen LogP contribution in [-0.2, 0) is 9.59 Å². The summed E-state index contributed by atoms with van der Waals surface area (Å²) >= 11 is 0. The number of amides is 2. The van der Waals surface area contributed by atoms with Crippen LogP contribution in [-0.4, -0.2) is 36.3 Å².